The number of hydrogen-bond acceptors (Lipinski definition) is 10. The highest BCUT2D eigenvalue weighted by atomic mass is 31.2. The Morgan fingerprint density at radius 2 is 1.21 bits per heavy atom. The van der Waals surface area contributed by atoms with Gasteiger partial charge in [0.15, 0.2) is 26.7 Å². The summed E-state index contributed by atoms with van der Waals surface area (Å²) in [7, 11) is -1.56. The number of rotatable bonds is 19. The van der Waals surface area contributed by atoms with E-state index in [0.717, 1.165) is 33.4 Å². The fourth-order valence-electron chi connectivity index (χ4n) is 7.02. The minimum Gasteiger partial charge on any atom is -0.497 e. The van der Waals surface area contributed by atoms with Gasteiger partial charge in [-0.1, -0.05) is 149 Å². The summed E-state index contributed by atoms with van der Waals surface area (Å²) in [5.41, 5.74) is 6.80. The fourth-order valence-corrected chi connectivity index (χ4v) is 8.05. The molecule has 0 spiro atoms. The largest absolute Gasteiger partial charge is 0.497 e. The number of carbonyl (C=O) groups excluding carboxylic acids is 3. The summed E-state index contributed by atoms with van der Waals surface area (Å²) >= 11 is 0. The van der Waals surface area contributed by atoms with Gasteiger partial charge < -0.3 is 32.8 Å². The maximum atomic E-state index is 13.3. The summed E-state index contributed by atoms with van der Waals surface area (Å²) in [6.07, 6.45) is 28.7. The first kappa shape index (κ1) is 53.3. The molecule has 0 fully saturated rings. The first-order chi connectivity index (χ1) is 28.8. The predicted molar refractivity (Wildman–Crippen MR) is 249 cm³/mol. The molecule has 10 nitrogen and oxygen atoms in total. The zero-order valence-corrected chi connectivity index (χ0v) is 40.2. The van der Waals surface area contributed by atoms with Crippen molar-refractivity contribution >= 4 is 35.2 Å². The molecule has 1 heterocycles. The van der Waals surface area contributed by atoms with E-state index >= 15 is 0 Å². The Bertz CT molecular complexity index is 1940. The van der Waals surface area contributed by atoms with E-state index in [4.69, 9.17) is 23.0 Å². The van der Waals surface area contributed by atoms with E-state index in [0.29, 0.717) is 29.7 Å². The fraction of sp³-hybridized carbons (Fsp3) is 0.449. The van der Waals surface area contributed by atoms with Crippen molar-refractivity contribution in [1.29, 1.82) is 0 Å². The highest BCUT2D eigenvalue weighted by molar-refractivity contribution is 7.40. The average molecular weight is 879 g/mol. The number of ketones is 2. The normalized spacial score (nSPS) is 23.8. The van der Waals surface area contributed by atoms with Crippen LogP contribution in [0.25, 0.3) is 0 Å². The molecular formula is C49H68O10P2. The molecule has 5 unspecified atom stereocenters. The Labute approximate surface area is 367 Å². The monoisotopic (exact) mass is 878 g/mol. The van der Waals surface area contributed by atoms with Crippen LogP contribution in [0.5, 0.6) is 0 Å². The Morgan fingerprint density at radius 3 is 1.69 bits per heavy atom. The zero-order valence-electron chi connectivity index (χ0n) is 38.3. The van der Waals surface area contributed by atoms with Crippen LogP contribution in [0.15, 0.2) is 141 Å². The summed E-state index contributed by atoms with van der Waals surface area (Å²) < 4.78 is 26.7. The highest BCUT2D eigenvalue weighted by Crippen LogP contribution is 2.46. The van der Waals surface area contributed by atoms with E-state index < -0.39 is 41.9 Å². The molecule has 0 saturated heterocycles. The highest BCUT2D eigenvalue weighted by Gasteiger charge is 2.40. The average Bonchev–Trinajstić information content (AvgIpc) is 3.56. The van der Waals surface area contributed by atoms with Crippen LogP contribution >= 0.6 is 17.6 Å². The van der Waals surface area contributed by atoms with Gasteiger partial charge in [-0.2, -0.15) is 0 Å². The van der Waals surface area contributed by atoms with Gasteiger partial charge >= 0.3 is 14.6 Å². The second-order valence-corrected chi connectivity index (χ2v) is 17.6. The molecule has 2 N–H and O–H groups in total. The molecule has 5 atom stereocenters. The number of methoxy groups -OCH3 is 1. The number of hydrogen-bond donors (Lipinski definition) is 2. The van der Waals surface area contributed by atoms with Crippen LogP contribution in [0.4, 0.5) is 0 Å². The zero-order chi connectivity index (χ0) is 45.9. The summed E-state index contributed by atoms with van der Waals surface area (Å²) in [6.45, 7) is 24.1. The first-order valence-corrected chi connectivity index (χ1v) is 22.7. The molecule has 3 aliphatic rings. The third-order valence-corrected chi connectivity index (χ3v) is 11.6. The van der Waals surface area contributed by atoms with Crippen LogP contribution in [-0.4, -0.2) is 59.4 Å². The lowest BCUT2D eigenvalue weighted by molar-refractivity contribution is -0.139. The Balaban J connectivity index is 0.00000631. The molecule has 12 heteroatoms. The number of ether oxygens (including phenoxy) is 2. The van der Waals surface area contributed by atoms with Crippen molar-refractivity contribution in [2.24, 2.45) is 10.8 Å². The second-order valence-electron chi connectivity index (χ2n) is 16.2. The van der Waals surface area contributed by atoms with Gasteiger partial charge in [-0.15, -0.1) is 0 Å². The van der Waals surface area contributed by atoms with Crippen LogP contribution in [0.2, 0.25) is 0 Å². The Morgan fingerprint density at radius 1 is 0.770 bits per heavy atom. The van der Waals surface area contributed by atoms with Crippen molar-refractivity contribution in [2.45, 2.75) is 121 Å². The summed E-state index contributed by atoms with van der Waals surface area (Å²) in [5.74, 6) is -0.331. The minimum absolute atomic E-state index is 0.0606. The number of esters is 1. The van der Waals surface area contributed by atoms with Gasteiger partial charge in [0, 0.05) is 6.42 Å². The Hall–Kier alpha value is -3.85. The molecule has 2 aliphatic carbocycles. The first-order valence-electron chi connectivity index (χ1n) is 20.7. The molecule has 334 valence electrons. The lowest BCUT2D eigenvalue weighted by atomic mass is 9.71. The third-order valence-electron chi connectivity index (χ3n) is 10.3. The van der Waals surface area contributed by atoms with Crippen molar-refractivity contribution < 1.29 is 47.2 Å². The third kappa shape index (κ3) is 17.1. The topological polar surface area (TPSA) is 138 Å². The lowest BCUT2D eigenvalue weighted by Gasteiger charge is -2.36. The van der Waals surface area contributed by atoms with Crippen molar-refractivity contribution in [3.63, 3.8) is 0 Å². The van der Waals surface area contributed by atoms with Gasteiger partial charge in [-0.3, -0.25) is 9.59 Å². The molecule has 0 aromatic rings. The molecular weight excluding hydrogens is 810 g/mol. The summed E-state index contributed by atoms with van der Waals surface area (Å²) in [4.78, 5) is 57.1. The number of cyclic esters (lactones) is 1. The molecule has 3 rings (SSSR count). The van der Waals surface area contributed by atoms with E-state index in [1.807, 2.05) is 147 Å². The van der Waals surface area contributed by atoms with Crippen molar-refractivity contribution in [3.8, 4) is 0 Å². The van der Waals surface area contributed by atoms with Crippen molar-refractivity contribution in [2.75, 3.05) is 13.7 Å². The molecule has 0 aromatic heterocycles. The van der Waals surface area contributed by atoms with Gasteiger partial charge in [0.2, 0.25) is 0 Å². The quantitative estimate of drug-likeness (QED) is 0.0732. The number of Topliss-reactive ketones (excluding diaryl/α,β-unsaturated/α-hetero) is 2. The standard InChI is InChI=1S/C47H62O10P2.C2H6/c1-31(18-14-20-33(3)22-24-37-35(5)44(49)41(56-58-51)29-46(37,7)8)16-12-13-17-32(2)19-15-21-34(4)23-25-38-36(6)45(50)42(30-47(38,9)10)57-59(52)54-27-26-39-40(53-11)28-43(48)55-39;1-2/h12-25,28,39,41-42,51-52,58H,26-27,29-30H2,1-11H3;1-2H3/b13-12+,18-14+,19-15+,24-22+,25-23+,31-16+,32-17+,33-20+,34-21+;. The lowest BCUT2D eigenvalue weighted by Crippen LogP contribution is -2.37. The van der Waals surface area contributed by atoms with Crippen LogP contribution in [0, 0.1) is 10.8 Å². The van der Waals surface area contributed by atoms with Gasteiger partial charge in [0.1, 0.15) is 18.0 Å². The maximum Gasteiger partial charge on any atom is 0.335 e. The molecule has 61 heavy (non-hydrogen) atoms. The number of carbonyl (C=O) groups is 3. The van der Waals surface area contributed by atoms with E-state index in [-0.39, 0.29) is 35.4 Å². The summed E-state index contributed by atoms with van der Waals surface area (Å²) in [5, 5.41) is 0. The van der Waals surface area contributed by atoms with Crippen molar-refractivity contribution in [3.05, 3.63) is 141 Å². The van der Waals surface area contributed by atoms with E-state index in [1.54, 1.807) is 6.92 Å². The Kier molecular flexibility index (Phi) is 22.7. The van der Waals surface area contributed by atoms with Gasteiger partial charge in [-0.05, 0) is 87.5 Å². The predicted octanol–water partition coefficient (Wildman–Crippen LogP) is 11.6. The molecule has 1 aliphatic heterocycles. The van der Waals surface area contributed by atoms with Gasteiger partial charge in [-0.25, -0.2) is 4.79 Å². The minimum atomic E-state index is -2.32. The van der Waals surface area contributed by atoms with Crippen LogP contribution in [0.1, 0.15) is 102 Å². The molecule has 0 radical (unpaired) electrons. The van der Waals surface area contributed by atoms with Gasteiger partial charge in [0.05, 0.1) is 19.8 Å². The molecule has 0 bridgehead atoms. The number of allylic oxidation sites excluding steroid dienone is 20. The maximum absolute atomic E-state index is 13.3. The van der Waals surface area contributed by atoms with E-state index in [2.05, 4.69) is 13.8 Å². The van der Waals surface area contributed by atoms with Gasteiger partial charge in [0.25, 0.3) is 0 Å². The van der Waals surface area contributed by atoms with Crippen LogP contribution in [-0.2, 0) is 37.4 Å². The molecule has 0 amide bonds. The smallest absolute Gasteiger partial charge is 0.335 e. The van der Waals surface area contributed by atoms with E-state index in [9.17, 15) is 24.2 Å². The second kappa shape index (κ2) is 25.9. The molecule has 0 saturated carbocycles. The van der Waals surface area contributed by atoms with Crippen LogP contribution < -0.4 is 0 Å². The molecule has 0 aromatic carbocycles. The SMILES string of the molecule is CC.COC1=CC(=O)OC1CCOP(O)OC1CC(C)(C)C(/C=C/C(C)=C/C=C/C(C)=C/C=C/C=C(C)/C=C/C=C(C)/C=C/C2=C(C)C(=O)C(OPO)CC2(C)C)=C(C)C1=O. The van der Waals surface area contributed by atoms with E-state index in [1.165, 1.54) is 13.2 Å². The summed E-state index contributed by atoms with van der Waals surface area (Å²) in [6, 6.07) is 0. The van der Waals surface area contributed by atoms with Crippen LogP contribution in [0.3, 0.4) is 0 Å². The van der Waals surface area contributed by atoms with Crippen molar-refractivity contribution in [1.82, 2.24) is 0 Å².